The number of rotatable bonds is 2. The topological polar surface area (TPSA) is 107 Å². The number of anilines is 2. The Bertz CT molecular complexity index is 1070. The third-order valence-corrected chi connectivity index (χ3v) is 5.80. The zero-order chi connectivity index (χ0) is 20.5. The van der Waals surface area contributed by atoms with Crippen LogP contribution in [0.4, 0.5) is 11.4 Å². The number of nitrogens with zero attached hydrogens (tertiary/aromatic N) is 4. The lowest BCUT2D eigenvalue weighted by Gasteiger charge is -2.18. The van der Waals surface area contributed by atoms with Crippen LogP contribution in [0.5, 0.6) is 0 Å². The number of benzene rings is 2. The van der Waals surface area contributed by atoms with E-state index in [1.54, 1.807) is 24.3 Å². The molecule has 0 aliphatic carbocycles. The third-order valence-electron chi connectivity index (χ3n) is 3.34. The normalized spacial score (nSPS) is 9.70. The average Bonchev–Trinajstić information content (AvgIpc) is 2.65. The van der Waals surface area contributed by atoms with Crippen LogP contribution in [-0.2, 0) is 0 Å². The fraction of sp³-hybridized carbons (Fsp3) is 0. The van der Waals surface area contributed by atoms with E-state index in [1.807, 2.05) is 0 Å². The molecule has 0 radical (unpaired) electrons. The number of halogens is 6. The van der Waals surface area contributed by atoms with Crippen molar-refractivity contribution < 1.29 is 0 Å². The maximum absolute atomic E-state index is 9.42. The van der Waals surface area contributed by atoms with Gasteiger partial charge in [-0.3, -0.25) is 0 Å². The largest absolute Gasteiger partial charge is 0.351 e. The molecule has 5 nitrogen and oxygen atoms in total. The smallest absolute Gasteiger partial charge is 0.103 e. The second-order valence-corrected chi connectivity index (χ2v) is 6.97. The van der Waals surface area contributed by atoms with Crippen LogP contribution < -0.4 is 5.32 Å². The second kappa shape index (κ2) is 8.31. The van der Waals surface area contributed by atoms with Crippen LogP contribution in [0, 0.1) is 45.3 Å². The zero-order valence-electron chi connectivity index (χ0n) is 12.6. The van der Waals surface area contributed by atoms with E-state index in [9.17, 15) is 10.5 Å². The van der Waals surface area contributed by atoms with Gasteiger partial charge in [-0.25, -0.2) is 0 Å². The SMILES string of the molecule is N#Cc1c(Cl)c(Cl)c(Nc2c(Cl)c(Cl)c(C#N)c(Cl)c2C#N)c(C#N)c1Cl. The van der Waals surface area contributed by atoms with Gasteiger partial charge in [-0.15, -0.1) is 0 Å². The number of hydrogen-bond acceptors (Lipinski definition) is 5. The van der Waals surface area contributed by atoms with Gasteiger partial charge in [-0.2, -0.15) is 21.0 Å². The van der Waals surface area contributed by atoms with Crippen molar-refractivity contribution in [1.29, 1.82) is 21.0 Å². The highest BCUT2D eigenvalue weighted by molar-refractivity contribution is 6.48. The summed E-state index contributed by atoms with van der Waals surface area (Å²) in [6.07, 6.45) is 0. The van der Waals surface area contributed by atoms with Gasteiger partial charge in [0.05, 0.1) is 63.8 Å². The van der Waals surface area contributed by atoms with Gasteiger partial charge in [0.25, 0.3) is 0 Å². The van der Waals surface area contributed by atoms with Gasteiger partial charge in [0, 0.05) is 0 Å². The minimum atomic E-state index is -0.239. The summed E-state index contributed by atoms with van der Waals surface area (Å²) in [6.45, 7) is 0. The van der Waals surface area contributed by atoms with Gasteiger partial charge in [0.1, 0.15) is 24.3 Å². The molecule has 0 aliphatic heterocycles. The van der Waals surface area contributed by atoms with Gasteiger partial charge in [0.15, 0.2) is 0 Å². The Morgan fingerprint density at radius 3 is 1.00 bits per heavy atom. The monoisotopic (exact) mass is 473 g/mol. The van der Waals surface area contributed by atoms with Crippen LogP contribution in [-0.4, -0.2) is 0 Å². The van der Waals surface area contributed by atoms with E-state index in [2.05, 4.69) is 5.32 Å². The molecule has 132 valence electrons. The molecule has 0 unspecified atom stereocenters. The molecule has 0 saturated carbocycles. The summed E-state index contributed by atoms with van der Waals surface area (Å²) in [4.78, 5) is 0. The molecule has 11 heteroatoms. The van der Waals surface area contributed by atoms with Crippen molar-refractivity contribution in [3.8, 4) is 24.3 Å². The van der Waals surface area contributed by atoms with Crippen molar-refractivity contribution in [3.05, 3.63) is 52.4 Å². The van der Waals surface area contributed by atoms with Gasteiger partial charge in [0.2, 0.25) is 0 Å². The van der Waals surface area contributed by atoms with Crippen LogP contribution in [0.15, 0.2) is 0 Å². The minimum Gasteiger partial charge on any atom is -0.351 e. The van der Waals surface area contributed by atoms with Gasteiger partial charge in [-0.05, 0) is 0 Å². The van der Waals surface area contributed by atoms with Crippen molar-refractivity contribution in [2.45, 2.75) is 0 Å². The van der Waals surface area contributed by atoms with Crippen LogP contribution in [0.25, 0.3) is 0 Å². The molecule has 0 bridgehead atoms. The van der Waals surface area contributed by atoms with E-state index in [0.717, 1.165) is 0 Å². The lowest BCUT2D eigenvalue weighted by Crippen LogP contribution is -2.03. The average molecular weight is 476 g/mol. The van der Waals surface area contributed by atoms with Gasteiger partial charge in [-0.1, -0.05) is 69.6 Å². The van der Waals surface area contributed by atoms with Gasteiger partial charge >= 0.3 is 0 Å². The summed E-state index contributed by atoms with van der Waals surface area (Å²) >= 11 is 36.5. The Hall–Kier alpha value is -2.06. The molecule has 0 atom stereocenters. The fourth-order valence-electron chi connectivity index (χ4n) is 2.09. The standard InChI is InChI=1S/C16HCl6N5/c17-9-5(1-23)11(19)13(21)15(7(9)3-25)27-16-8(4-26)10(18)6(2-24)12(20)14(16)22/h27H. The summed E-state index contributed by atoms with van der Waals surface area (Å²) in [5.41, 5.74) is -1.01. The summed E-state index contributed by atoms with van der Waals surface area (Å²) in [5, 5.41) is 38.5. The summed E-state index contributed by atoms with van der Waals surface area (Å²) in [5.74, 6) is 0. The Labute approximate surface area is 183 Å². The zero-order valence-corrected chi connectivity index (χ0v) is 17.1. The van der Waals surface area contributed by atoms with E-state index in [-0.39, 0.29) is 63.8 Å². The molecule has 0 spiro atoms. The Balaban J connectivity index is 2.89. The first-order valence-electron chi connectivity index (χ1n) is 6.53. The number of hydrogen-bond donors (Lipinski definition) is 1. The van der Waals surface area contributed by atoms with E-state index in [4.69, 9.17) is 80.1 Å². The molecule has 0 saturated heterocycles. The molecule has 0 amide bonds. The predicted octanol–water partition coefficient (Wildman–Crippen LogP) is 6.84. The van der Waals surface area contributed by atoms with Crippen molar-refractivity contribution in [2.75, 3.05) is 5.32 Å². The molecule has 0 aromatic heterocycles. The lowest BCUT2D eigenvalue weighted by molar-refractivity contribution is 1.41. The van der Waals surface area contributed by atoms with E-state index < -0.39 is 0 Å². The van der Waals surface area contributed by atoms with E-state index in [1.165, 1.54) is 0 Å². The van der Waals surface area contributed by atoms with E-state index in [0.29, 0.717) is 0 Å². The molecular formula is C16HCl6N5. The summed E-state index contributed by atoms with van der Waals surface area (Å²) in [6, 6.07) is 7.11. The van der Waals surface area contributed by atoms with Crippen molar-refractivity contribution in [2.24, 2.45) is 0 Å². The predicted molar refractivity (Wildman–Crippen MR) is 105 cm³/mol. The molecule has 2 rings (SSSR count). The van der Waals surface area contributed by atoms with Crippen LogP contribution in [0.1, 0.15) is 22.3 Å². The van der Waals surface area contributed by atoms with E-state index >= 15 is 0 Å². The first kappa shape index (κ1) is 21.2. The maximum Gasteiger partial charge on any atom is 0.103 e. The van der Waals surface area contributed by atoms with Crippen molar-refractivity contribution >= 4 is 81.0 Å². The number of nitriles is 4. The quantitative estimate of drug-likeness (QED) is 0.478. The second-order valence-electron chi connectivity index (χ2n) is 4.71. The Morgan fingerprint density at radius 1 is 0.444 bits per heavy atom. The molecule has 0 fully saturated rings. The molecule has 27 heavy (non-hydrogen) atoms. The van der Waals surface area contributed by atoms with Gasteiger partial charge < -0.3 is 5.32 Å². The summed E-state index contributed by atoms with van der Waals surface area (Å²) in [7, 11) is 0. The highest BCUT2D eigenvalue weighted by Crippen LogP contribution is 2.46. The maximum atomic E-state index is 9.42. The Morgan fingerprint density at radius 2 is 0.741 bits per heavy atom. The number of nitrogens with one attached hydrogen (secondary N) is 1. The fourth-order valence-corrected chi connectivity index (χ4v) is 3.67. The minimum absolute atomic E-state index is 0.108. The molecule has 0 heterocycles. The highest BCUT2D eigenvalue weighted by Gasteiger charge is 2.26. The first-order chi connectivity index (χ1) is 12.7. The molecular weight excluding hydrogens is 475 g/mol. The van der Waals surface area contributed by atoms with Crippen molar-refractivity contribution in [3.63, 3.8) is 0 Å². The molecule has 2 aromatic carbocycles. The molecule has 1 N–H and O–H groups in total. The van der Waals surface area contributed by atoms with Crippen LogP contribution in [0.2, 0.25) is 30.1 Å². The molecule has 2 aromatic rings. The first-order valence-corrected chi connectivity index (χ1v) is 8.80. The van der Waals surface area contributed by atoms with Crippen LogP contribution in [0.3, 0.4) is 0 Å². The van der Waals surface area contributed by atoms with Crippen molar-refractivity contribution in [1.82, 2.24) is 0 Å². The molecule has 0 aliphatic rings. The Kier molecular flexibility index (Phi) is 6.54. The lowest BCUT2D eigenvalue weighted by atomic mass is 10.1. The third kappa shape index (κ3) is 3.43. The summed E-state index contributed by atoms with van der Waals surface area (Å²) < 4.78 is 0. The van der Waals surface area contributed by atoms with Crippen LogP contribution >= 0.6 is 69.6 Å². The highest BCUT2D eigenvalue weighted by atomic mass is 35.5.